The molecule has 1 unspecified atom stereocenters. The SMILES string of the molecule is C1=CC=C(n2c3ccc4ccccc4c3c3c4ccccc4ccc32)C=CC=1C=CC1=CCC(B2c3ccccc3-c3ccccc32)C=C1. The Morgan fingerprint density at radius 1 is 0.612 bits per heavy atom. The van der Waals surface area contributed by atoms with Crippen LogP contribution >= 0.6 is 0 Å². The zero-order valence-corrected chi connectivity index (χ0v) is 27.1. The molecule has 7 aromatic rings. The predicted octanol–water partition coefficient (Wildman–Crippen LogP) is 10.7. The number of aromatic nitrogens is 1. The first-order valence-corrected chi connectivity index (χ1v) is 17.3. The van der Waals surface area contributed by atoms with E-state index in [1.807, 2.05) is 0 Å². The fourth-order valence-corrected chi connectivity index (χ4v) is 8.45. The molecule has 0 amide bonds. The number of fused-ring (bicyclic) bond motifs is 10. The average Bonchev–Trinajstić information content (AvgIpc) is 3.58. The summed E-state index contributed by atoms with van der Waals surface area (Å²) in [5, 5.41) is 7.70. The Kier molecular flexibility index (Phi) is 6.44. The van der Waals surface area contributed by atoms with Crippen LogP contribution in [0.3, 0.4) is 0 Å². The number of nitrogens with zero attached hydrogens (tertiary/aromatic N) is 1. The monoisotopic (exact) mass is 621 g/mol. The van der Waals surface area contributed by atoms with Gasteiger partial charge in [-0.05, 0) is 93.0 Å². The zero-order chi connectivity index (χ0) is 32.3. The third-order valence-electron chi connectivity index (χ3n) is 10.7. The van der Waals surface area contributed by atoms with Gasteiger partial charge in [-0.1, -0.05) is 144 Å². The first-order chi connectivity index (χ1) is 24.3. The van der Waals surface area contributed by atoms with Crippen molar-refractivity contribution in [2.24, 2.45) is 0 Å². The highest BCUT2D eigenvalue weighted by molar-refractivity contribution is 6.91. The summed E-state index contributed by atoms with van der Waals surface area (Å²) in [4.78, 5) is 0. The van der Waals surface area contributed by atoms with E-state index in [4.69, 9.17) is 0 Å². The Morgan fingerprint density at radius 3 is 1.86 bits per heavy atom. The molecule has 0 spiro atoms. The normalized spacial score (nSPS) is 16.8. The van der Waals surface area contributed by atoms with Crippen molar-refractivity contribution in [1.82, 2.24) is 4.57 Å². The minimum atomic E-state index is 0.405. The zero-order valence-electron chi connectivity index (χ0n) is 27.1. The van der Waals surface area contributed by atoms with Gasteiger partial charge in [-0.2, -0.15) is 0 Å². The highest BCUT2D eigenvalue weighted by Crippen LogP contribution is 2.41. The minimum absolute atomic E-state index is 0.405. The van der Waals surface area contributed by atoms with Crippen LogP contribution < -0.4 is 10.9 Å². The maximum Gasteiger partial charge on any atom is 0.218 e. The van der Waals surface area contributed by atoms with Crippen LogP contribution in [0.1, 0.15) is 6.42 Å². The maximum absolute atomic E-state index is 3.52. The van der Waals surface area contributed by atoms with E-state index >= 15 is 0 Å². The van der Waals surface area contributed by atoms with Gasteiger partial charge < -0.3 is 4.57 Å². The quantitative estimate of drug-likeness (QED) is 0.136. The lowest BCUT2D eigenvalue weighted by Gasteiger charge is -2.21. The lowest BCUT2D eigenvalue weighted by Crippen LogP contribution is -2.42. The topological polar surface area (TPSA) is 4.93 Å². The van der Waals surface area contributed by atoms with Gasteiger partial charge in [-0.15, -0.1) is 5.73 Å². The van der Waals surface area contributed by atoms with Crippen LogP contribution in [-0.2, 0) is 0 Å². The van der Waals surface area contributed by atoms with Gasteiger partial charge in [0.2, 0.25) is 6.71 Å². The summed E-state index contributed by atoms with van der Waals surface area (Å²) in [5.74, 6) is 0.450. The van der Waals surface area contributed by atoms with Crippen LogP contribution in [0.4, 0.5) is 0 Å². The fourth-order valence-electron chi connectivity index (χ4n) is 8.45. The van der Waals surface area contributed by atoms with Crippen molar-refractivity contribution in [3.63, 3.8) is 0 Å². The summed E-state index contributed by atoms with van der Waals surface area (Å²) < 4.78 is 2.41. The van der Waals surface area contributed by atoms with Crippen LogP contribution in [0.15, 0.2) is 193 Å². The van der Waals surface area contributed by atoms with Crippen molar-refractivity contribution in [2.75, 3.05) is 0 Å². The second kappa shape index (κ2) is 11.3. The van der Waals surface area contributed by atoms with Crippen molar-refractivity contribution >= 4 is 66.7 Å². The molecule has 2 heterocycles. The van der Waals surface area contributed by atoms with Crippen molar-refractivity contribution in [2.45, 2.75) is 12.2 Å². The highest BCUT2D eigenvalue weighted by atomic mass is 15.0. The van der Waals surface area contributed by atoms with Crippen LogP contribution in [0.25, 0.3) is 60.2 Å². The van der Waals surface area contributed by atoms with E-state index < -0.39 is 0 Å². The van der Waals surface area contributed by atoms with Crippen LogP contribution in [0.5, 0.6) is 0 Å². The standard InChI is InChI=1S/C47H32BN/c1-3-14-38-34(11-1)25-30-44-46(38)47-39-15-4-2-12-35(39)26-31-45(47)49(44)37-13-9-10-32(24-29-37)20-21-33-22-27-36(28-23-33)48-42-18-7-5-16-40(42)41-17-6-8-19-43(41)48/h1-9,11-27,29-31,36H,28H2. The third-order valence-corrected chi connectivity index (χ3v) is 10.7. The van der Waals surface area contributed by atoms with E-state index in [1.54, 1.807) is 0 Å². The molecular weight excluding hydrogens is 589 g/mol. The largest absolute Gasteiger partial charge is 0.309 e. The van der Waals surface area contributed by atoms with Crippen molar-refractivity contribution in [1.29, 1.82) is 0 Å². The summed E-state index contributed by atoms with van der Waals surface area (Å²) >= 11 is 0. The molecule has 0 bridgehead atoms. The Morgan fingerprint density at radius 2 is 1.22 bits per heavy atom. The Bertz CT molecular complexity index is 2600. The lowest BCUT2D eigenvalue weighted by molar-refractivity contribution is 1.00. The van der Waals surface area contributed by atoms with Gasteiger partial charge in [0.25, 0.3) is 0 Å². The molecule has 228 valence electrons. The second-order valence-corrected chi connectivity index (χ2v) is 13.3. The first kappa shape index (κ1) is 28.0. The smallest absolute Gasteiger partial charge is 0.218 e. The number of hydrogen-bond acceptors (Lipinski definition) is 0. The van der Waals surface area contributed by atoms with E-state index in [0.29, 0.717) is 12.5 Å². The van der Waals surface area contributed by atoms with E-state index in [9.17, 15) is 0 Å². The van der Waals surface area contributed by atoms with E-state index in [2.05, 4.69) is 186 Å². The number of rotatable bonds is 4. The van der Waals surface area contributed by atoms with Crippen LogP contribution in [-0.4, -0.2) is 11.3 Å². The molecule has 1 atom stereocenters. The Hall–Kier alpha value is -6.08. The molecule has 1 aromatic heterocycles. The molecule has 49 heavy (non-hydrogen) atoms. The number of hydrogen-bond donors (Lipinski definition) is 0. The Labute approximate surface area is 286 Å². The van der Waals surface area contributed by atoms with Crippen molar-refractivity contribution in [3.8, 4) is 11.1 Å². The second-order valence-electron chi connectivity index (χ2n) is 13.3. The van der Waals surface area contributed by atoms with Gasteiger partial charge in [0.1, 0.15) is 0 Å². The van der Waals surface area contributed by atoms with Crippen molar-refractivity contribution in [3.05, 3.63) is 193 Å². The van der Waals surface area contributed by atoms with Crippen LogP contribution in [0.2, 0.25) is 5.82 Å². The lowest BCUT2D eigenvalue weighted by atomic mass is 9.34. The molecule has 2 aliphatic carbocycles. The highest BCUT2D eigenvalue weighted by Gasteiger charge is 2.36. The summed E-state index contributed by atoms with van der Waals surface area (Å²) in [6, 6.07) is 44.4. The molecule has 10 rings (SSSR count). The summed E-state index contributed by atoms with van der Waals surface area (Å²) in [5.41, 5.74) is 15.1. The molecule has 0 saturated carbocycles. The molecule has 1 aliphatic heterocycles. The summed E-state index contributed by atoms with van der Waals surface area (Å²) in [6.45, 7) is 0.405. The number of allylic oxidation sites excluding steroid dienone is 11. The molecule has 3 aliphatic rings. The van der Waals surface area contributed by atoms with E-state index in [-0.39, 0.29) is 0 Å². The molecule has 0 fully saturated rings. The molecule has 6 aromatic carbocycles. The average molecular weight is 622 g/mol. The van der Waals surface area contributed by atoms with E-state index in [0.717, 1.165) is 17.7 Å². The third kappa shape index (κ3) is 4.50. The van der Waals surface area contributed by atoms with Gasteiger partial charge in [-0.25, -0.2) is 0 Å². The van der Waals surface area contributed by atoms with Gasteiger partial charge in [0.15, 0.2) is 0 Å². The summed E-state index contributed by atoms with van der Waals surface area (Å²) in [6.07, 6.45) is 21.2. The number of benzene rings is 6. The molecular formula is C47H32BN. The Balaban J connectivity index is 0.952. The van der Waals surface area contributed by atoms with Crippen LogP contribution in [0, 0.1) is 0 Å². The first-order valence-electron chi connectivity index (χ1n) is 17.3. The molecule has 0 N–H and O–H groups in total. The van der Waals surface area contributed by atoms with Gasteiger partial charge in [0.05, 0.1) is 11.0 Å². The molecule has 0 radical (unpaired) electrons. The minimum Gasteiger partial charge on any atom is -0.309 e. The van der Waals surface area contributed by atoms with Crippen molar-refractivity contribution < 1.29 is 0 Å². The van der Waals surface area contributed by atoms with Gasteiger partial charge >= 0.3 is 0 Å². The van der Waals surface area contributed by atoms with E-state index in [1.165, 1.54) is 71.0 Å². The predicted molar refractivity (Wildman–Crippen MR) is 211 cm³/mol. The van der Waals surface area contributed by atoms with Gasteiger partial charge in [0, 0.05) is 22.0 Å². The fraction of sp³-hybridized carbons (Fsp3) is 0.0426. The molecule has 2 heteroatoms. The summed E-state index contributed by atoms with van der Waals surface area (Å²) in [7, 11) is 0. The van der Waals surface area contributed by atoms with Gasteiger partial charge in [-0.3, -0.25) is 0 Å². The molecule has 1 nitrogen and oxygen atoms in total. The maximum atomic E-state index is 3.52. The molecule has 0 saturated heterocycles.